The van der Waals surface area contributed by atoms with Gasteiger partial charge in [-0.1, -0.05) is 20.8 Å². The number of aliphatic imine (C=N–C) groups is 1. The fourth-order valence-electron chi connectivity index (χ4n) is 3.36. The van der Waals surface area contributed by atoms with Gasteiger partial charge < -0.3 is 15.0 Å². The summed E-state index contributed by atoms with van der Waals surface area (Å²) in [5.41, 5.74) is 0.230. The van der Waals surface area contributed by atoms with E-state index in [1.54, 1.807) is 0 Å². The summed E-state index contributed by atoms with van der Waals surface area (Å²) in [4.78, 5) is 7.36. The minimum absolute atomic E-state index is 0.230. The predicted molar refractivity (Wildman–Crippen MR) is 84.0 cm³/mol. The van der Waals surface area contributed by atoms with Gasteiger partial charge in [0.15, 0.2) is 5.96 Å². The molecule has 0 aromatic heterocycles. The van der Waals surface area contributed by atoms with Crippen molar-refractivity contribution < 1.29 is 4.74 Å². The molecule has 20 heavy (non-hydrogen) atoms. The van der Waals surface area contributed by atoms with Crippen LogP contribution in [0.15, 0.2) is 4.99 Å². The number of rotatable bonds is 3. The normalized spacial score (nSPS) is 35.4. The fourth-order valence-corrected chi connectivity index (χ4v) is 3.36. The average Bonchev–Trinajstić information content (AvgIpc) is 2.80. The Labute approximate surface area is 124 Å². The van der Waals surface area contributed by atoms with E-state index in [1.807, 2.05) is 0 Å². The SMILES string of the molecule is CCNC(=NCC1(C)CCOC1)N1CC(C)CC(C)C1. The maximum atomic E-state index is 5.53. The van der Waals surface area contributed by atoms with Crippen LogP contribution in [0.4, 0.5) is 0 Å². The van der Waals surface area contributed by atoms with Gasteiger partial charge in [-0.25, -0.2) is 0 Å². The first-order valence-corrected chi connectivity index (χ1v) is 8.13. The van der Waals surface area contributed by atoms with Crippen LogP contribution in [0.1, 0.15) is 40.5 Å². The number of likely N-dealkylation sites (tertiary alicyclic amines) is 1. The molecule has 3 atom stereocenters. The van der Waals surface area contributed by atoms with Crippen molar-refractivity contribution in [3.05, 3.63) is 0 Å². The molecule has 0 saturated carbocycles. The van der Waals surface area contributed by atoms with Crippen LogP contribution in [0.2, 0.25) is 0 Å². The summed E-state index contributed by atoms with van der Waals surface area (Å²) < 4.78 is 5.53. The van der Waals surface area contributed by atoms with Gasteiger partial charge in [-0.3, -0.25) is 4.99 Å². The molecule has 1 N–H and O–H groups in total. The molecule has 0 aromatic carbocycles. The van der Waals surface area contributed by atoms with Crippen molar-refractivity contribution >= 4 is 5.96 Å². The topological polar surface area (TPSA) is 36.9 Å². The van der Waals surface area contributed by atoms with E-state index >= 15 is 0 Å². The fraction of sp³-hybridized carbons (Fsp3) is 0.938. The Morgan fingerprint density at radius 1 is 1.35 bits per heavy atom. The van der Waals surface area contributed by atoms with Crippen molar-refractivity contribution in [3.63, 3.8) is 0 Å². The van der Waals surface area contributed by atoms with Gasteiger partial charge in [-0.05, 0) is 31.6 Å². The summed E-state index contributed by atoms with van der Waals surface area (Å²) in [7, 11) is 0. The molecular formula is C16H31N3O. The lowest BCUT2D eigenvalue weighted by molar-refractivity contribution is 0.162. The standard InChI is InChI=1S/C16H31N3O/c1-5-17-15(18-11-16(4)6-7-20-12-16)19-9-13(2)8-14(3)10-19/h13-14H,5-12H2,1-4H3,(H,17,18). The van der Waals surface area contributed by atoms with E-state index in [2.05, 4.69) is 37.9 Å². The zero-order chi connectivity index (χ0) is 14.6. The molecule has 0 aromatic rings. The second-order valence-corrected chi connectivity index (χ2v) is 7.13. The molecule has 0 aliphatic carbocycles. The second kappa shape index (κ2) is 6.79. The summed E-state index contributed by atoms with van der Waals surface area (Å²) in [6, 6.07) is 0. The smallest absolute Gasteiger partial charge is 0.193 e. The Hall–Kier alpha value is -0.770. The number of ether oxygens (including phenoxy) is 1. The van der Waals surface area contributed by atoms with Gasteiger partial charge in [0, 0.05) is 31.7 Å². The van der Waals surface area contributed by atoms with E-state index in [1.165, 1.54) is 6.42 Å². The quantitative estimate of drug-likeness (QED) is 0.637. The summed E-state index contributed by atoms with van der Waals surface area (Å²) in [6.45, 7) is 14.9. The van der Waals surface area contributed by atoms with Crippen LogP contribution in [-0.4, -0.2) is 50.3 Å². The van der Waals surface area contributed by atoms with Crippen molar-refractivity contribution in [1.29, 1.82) is 0 Å². The lowest BCUT2D eigenvalue weighted by Crippen LogP contribution is -2.48. The van der Waals surface area contributed by atoms with Gasteiger partial charge >= 0.3 is 0 Å². The molecule has 0 amide bonds. The van der Waals surface area contributed by atoms with Gasteiger partial charge in [0.05, 0.1) is 13.2 Å². The number of hydrogen-bond donors (Lipinski definition) is 1. The zero-order valence-corrected chi connectivity index (χ0v) is 13.6. The Balaban J connectivity index is 2.01. The van der Waals surface area contributed by atoms with Crippen LogP contribution in [0, 0.1) is 17.3 Å². The highest BCUT2D eigenvalue weighted by Gasteiger charge is 2.30. The highest BCUT2D eigenvalue weighted by molar-refractivity contribution is 5.80. The lowest BCUT2D eigenvalue weighted by Gasteiger charge is -2.37. The summed E-state index contributed by atoms with van der Waals surface area (Å²) in [5, 5.41) is 3.47. The maximum absolute atomic E-state index is 5.53. The number of nitrogens with one attached hydrogen (secondary N) is 1. The molecule has 4 nitrogen and oxygen atoms in total. The first-order valence-electron chi connectivity index (χ1n) is 8.13. The third kappa shape index (κ3) is 4.11. The van der Waals surface area contributed by atoms with Crippen molar-refractivity contribution in [3.8, 4) is 0 Å². The van der Waals surface area contributed by atoms with Crippen LogP contribution >= 0.6 is 0 Å². The third-order valence-corrected chi connectivity index (χ3v) is 4.41. The first kappa shape index (κ1) is 15.6. The third-order valence-electron chi connectivity index (χ3n) is 4.41. The predicted octanol–water partition coefficient (Wildman–Crippen LogP) is 2.36. The van der Waals surface area contributed by atoms with Crippen LogP contribution in [0.3, 0.4) is 0 Å². The largest absolute Gasteiger partial charge is 0.381 e. The highest BCUT2D eigenvalue weighted by Crippen LogP contribution is 2.28. The van der Waals surface area contributed by atoms with Crippen molar-refractivity contribution in [1.82, 2.24) is 10.2 Å². The molecule has 3 unspecified atom stereocenters. The van der Waals surface area contributed by atoms with Crippen LogP contribution in [-0.2, 0) is 4.74 Å². The molecule has 2 rings (SSSR count). The summed E-state index contributed by atoms with van der Waals surface area (Å²) >= 11 is 0. The molecule has 2 aliphatic rings. The van der Waals surface area contributed by atoms with Crippen LogP contribution in [0.25, 0.3) is 0 Å². The molecule has 4 heteroatoms. The van der Waals surface area contributed by atoms with E-state index < -0.39 is 0 Å². The number of nitrogens with zero attached hydrogens (tertiary/aromatic N) is 2. The van der Waals surface area contributed by atoms with E-state index in [9.17, 15) is 0 Å². The average molecular weight is 281 g/mol. The molecule has 2 saturated heterocycles. The van der Waals surface area contributed by atoms with Crippen molar-refractivity contribution in [2.45, 2.75) is 40.5 Å². The Kier molecular flexibility index (Phi) is 5.30. The van der Waals surface area contributed by atoms with Crippen LogP contribution in [0.5, 0.6) is 0 Å². The number of hydrogen-bond acceptors (Lipinski definition) is 2. The molecule has 0 bridgehead atoms. The van der Waals surface area contributed by atoms with Gasteiger partial charge in [-0.2, -0.15) is 0 Å². The first-order chi connectivity index (χ1) is 9.52. The minimum Gasteiger partial charge on any atom is -0.381 e. The van der Waals surface area contributed by atoms with E-state index in [4.69, 9.17) is 9.73 Å². The van der Waals surface area contributed by atoms with Gasteiger partial charge in [-0.15, -0.1) is 0 Å². The van der Waals surface area contributed by atoms with Crippen molar-refractivity contribution in [2.24, 2.45) is 22.2 Å². The van der Waals surface area contributed by atoms with Gasteiger partial charge in [0.2, 0.25) is 0 Å². The van der Waals surface area contributed by atoms with E-state index in [0.717, 1.165) is 63.6 Å². The molecule has 2 heterocycles. The monoisotopic (exact) mass is 281 g/mol. The Morgan fingerprint density at radius 2 is 2.05 bits per heavy atom. The minimum atomic E-state index is 0.230. The van der Waals surface area contributed by atoms with E-state index in [-0.39, 0.29) is 5.41 Å². The second-order valence-electron chi connectivity index (χ2n) is 7.13. The lowest BCUT2D eigenvalue weighted by atomic mass is 9.90. The van der Waals surface area contributed by atoms with Crippen molar-refractivity contribution in [2.75, 3.05) is 39.4 Å². The molecule has 0 radical (unpaired) electrons. The zero-order valence-electron chi connectivity index (χ0n) is 13.6. The number of piperidine rings is 1. The Morgan fingerprint density at radius 3 is 2.60 bits per heavy atom. The molecular weight excluding hydrogens is 250 g/mol. The number of guanidine groups is 1. The van der Waals surface area contributed by atoms with Crippen LogP contribution < -0.4 is 5.32 Å². The van der Waals surface area contributed by atoms with E-state index in [0.29, 0.717) is 0 Å². The maximum Gasteiger partial charge on any atom is 0.193 e. The highest BCUT2D eigenvalue weighted by atomic mass is 16.5. The molecule has 2 aliphatic heterocycles. The van der Waals surface area contributed by atoms with Gasteiger partial charge in [0.25, 0.3) is 0 Å². The molecule has 0 spiro atoms. The molecule has 116 valence electrons. The molecule has 2 fully saturated rings. The summed E-state index contributed by atoms with van der Waals surface area (Å²) in [5.74, 6) is 2.61. The van der Waals surface area contributed by atoms with Gasteiger partial charge in [0.1, 0.15) is 0 Å². The Bertz CT molecular complexity index is 327. The summed E-state index contributed by atoms with van der Waals surface area (Å²) in [6.07, 6.45) is 2.46.